The summed E-state index contributed by atoms with van der Waals surface area (Å²) in [6.45, 7) is 12.2. The molecule has 0 nitrogen and oxygen atoms in total. The molecule has 1 aliphatic heterocycles. The molecule has 1 aliphatic rings. The van der Waals surface area contributed by atoms with Crippen LogP contribution in [0, 0.1) is 0 Å². The van der Waals surface area contributed by atoms with Gasteiger partial charge in [-0.25, -0.2) is 0 Å². The molecule has 1 rings (SSSR count). The van der Waals surface area contributed by atoms with E-state index in [1.54, 1.807) is 0 Å². The van der Waals surface area contributed by atoms with Crippen LogP contribution in [0.3, 0.4) is 0 Å². The lowest BCUT2D eigenvalue weighted by atomic mass is 11.3. The number of hydrogen-bond acceptors (Lipinski definition) is 0. The summed E-state index contributed by atoms with van der Waals surface area (Å²) >= 11 is 0. The molecule has 0 saturated heterocycles. The van der Waals surface area contributed by atoms with E-state index in [-0.39, 0.29) is 0 Å². The van der Waals surface area contributed by atoms with E-state index in [0.29, 0.717) is 0 Å². The Morgan fingerprint density at radius 1 is 1.22 bits per heavy atom. The minimum Gasteiger partial charge on any atom is -0.0990 e. The second-order valence-corrected chi connectivity index (χ2v) is 14.3. The summed E-state index contributed by atoms with van der Waals surface area (Å²) < 4.78 is 0. The van der Waals surface area contributed by atoms with Crippen molar-refractivity contribution in [3.63, 3.8) is 0 Å². The first-order valence-electron chi connectivity index (χ1n) is 3.58. The average Bonchev–Trinajstić information content (AvgIpc) is 2.10. The highest BCUT2D eigenvalue weighted by molar-refractivity contribution is 7.15. The Kier molecular flexibility index (Phi) is 1.30. The summed E-state index contributed by atoms with van der Waals surface area (Å²) in [7, 11) is -1.61. The molecule has 0 radical (unpaired) electrons. The molecule has 0 aromatic heterocycles. The van der Waals surface area contributed by atoms with Gasteiger partial charge in [0.1, 0.15) is 0 Å². The van der Waals surface area contributed by atoms with Gasteiger partial charge in [0.15, 0.2) is 0 Å². The Labute approximate surface area is 60.0 Å². The molecule has 0 spiro atoms. The van der Waals surface area contributed by atoms with E-state index in [1.807, 2.05) is 4.82 Å². The topological polar surface area (TPSA) is 0 Å². The van der Waals surface area contributed by atoms with Crippen molar-refractivity contribution in [3.05, 3.63) is 10.5 Å². The molecule has 9 heavy (non-hydrogen) atoms. The lowest BCUT2D eigenvalue weighted by Gasteiger charge is -2.15. The summed E-state index contributed by atoms with van der Waals surface area (Å²) in [4.78, 5) is 1.88. The van der Waals surface area contributed by atoms with Crippen molar-refractivity contribution < 1.29 is 0 Å². The van der Waals surface area contributed by atoms with Crippen molar-refractivity contribution >= 4 is 16.1 Å². The van der Waals surface area contributed by atoms with Gasteiger partial charge in [-0.1, -0.05) is 43.3 Å². The zero-order chi connectivity index (χ0) is 7.28. The third-order valence-electron chi connectivity index (χ3n) is 1.92. The van der Waals surface area contributed by atoms with E-state index in [4.69, 9.17) is 0 Å². The van der Waals surface area contributed by atoms with Crippen LogP contribution in [-0.4, -0.2) is 16.1 Å². The highest BCUT2D eigenvalue weighted by Gasteiger charge is 2.43. The van der Waals surface area contributed by atoms with E-state index in [2.05, 4.69) is 38.4 Å². The molecule has 1 heterocycles. The van der Waals surface area contributed by atoms with Crippen molar-refractivity contribution in [1.82, 2.24) is 0 Å². The Bertz CT molecular complexity index is 160. The molecule has 2 heteroatoms. The van der Waals surface area contributed by atoms with Crippen molar-refractivity contribution in [2.75, 3.05) is 0 Å². The van der Waals surface area contributed by atoms with Crippen LogP contribution in [0.25, 0.3) is 0 Å². The van der Waals surface area contributed by atoms with Crippen LogP contribution >= 0.6 is 0 Å². The summed E-state index contributed by atoms with van der Waals surface area (Å²) in [5.74, 6) is 0. The molecule has 0 aromatic rings. The van der Waals surface area contributed by atoms with Crippen LogP contribution in [0.4, 0.5) is 0 Å². The molecule has 0 aromatic carbocycles. The van der Waals surface area contributed by atoms with Crippen molar-refractivity contribution in [1.29, 1.82) is 0 Å². The largest absolute Gasteiger partial charge is 0.0990 e. The predicted molar refractivity (Wildman–Crippen MR) is 48.9 cm³/mol. The molecule has 0 N–H and O–H groups in total. The predicted octanol–water partition coefficient (Wildman–Crippen LogP) is 2.59. The molecular formula is C7H16Si2. The van der Waals surface area contributed by atoms with Gasteiger partial charge in [-0.05, 0) is 0 Å². The summed E-state index contributed by atoms with van der Waals surface area (Å²) in [6.07, 6.45) is 0. The van der Waals surface area contributed by atoms with Gasteiger partial charge in [0.2, 0.25) is 0 Å². The van der Waals surface area contributed by atoms with E-state index < -0.39 is 16.1 Å². The monoisotopic (exact) mass is 156 g/mol. The molecular weight excluding hydrogens is 140 g/mol. The van der Waals surface area contributed by atoms with Gasteiger partial charge in [0.25, 0.3) is 0 Å². The minimum atomic E-state index is -0.836. The fourth-order valence-corrected chi connectivity index (χ4v) is 13.6. The Hall–Kier alpha value is 0.174. The lowest BCUT2D eigenvalue weighted by molar-refractivity contribution is 1.75. The fourth-order valence-electron chi connectivity index (χ4n) is 1.51. The van der Waals surface area contributed by atoms with E-state index in [0.717, 1.165) is 0 Å². The maximum Gasteiger partial charge on any atom is 0.0933 e. The zero-order valence-electron chi connectivity index (χ0n) is 7.08. The second-order valence-electron chi connectivity index (χ2n) is 4.53. The van der Waals surface area contributed by atoms with Crippen LogP contribution in [0.1, 0.15) is 0 Å². The third-order valence-corrected chi connectivity index (χ3v) is 10.4. The molecule has 0 fully saturated rings. The Morgan fingerprint density at radius 2 is 1.56 bits per heavy atom. The number of rotatable bonds is 1. The SMILES string of the molecule is C[Si](C)(C)C1=C[Si]1(C)C. The van der Waals surface area contributed by atoms with E-state index >= 15 is 0 Å². The molecule has 0 unspecified atom stereocenters. The van der Waals surface area contributed by atoms with Gasteiger partial charge in [0, 0.05) is 0 Å². The van der Waals surface area contributed by atoms with Crippen LogP contribution in [0.15, 0.2) is 10.5 Å². The molecule has 0 saturated carbocycles. The average molecular weight is 156 g/mol. The lowest BCUT2D eigenvalue weighted by Crippen LogP contribution is -2.27. The van der Waals surface area contributed by atoms with Gasteiger partial charge >= 0.3 is 0 Å². The summed E-state index contributed by atoms with van der Waals surface area (Å²) in [5, 5.41) is 0. The van der Waals surface area contributed by atoms with E-state index in [1.165, 1.54) is 0 Å². The van der Waals surface area contributed by atoms with Crippen LogP contribution in [0.5, 0.6) is 0 Å². The zero-order valence-corrected chi connectivity index (χ0v) is 9.08. The van der Waals surface area contributed by atoms with E-state index in [9.17, 15) is 0 Å². The minimum absolute atomic E-state index is 0.773. The quantitative estimate of drug-likeness (QED) is 0.512. The Balaban J connectivity index is 2.62. The molecule has 0 bridgehead atoms. The highest BCUT2D eigenvalue weighted by Crippen LogP contribution is 2.38. The van der Waals surface area contributed by atoms with Gasteiger partial charge < -0.3 is 0 Å². The molecule has 52 valence electrons. The smallest absolute Gasteiger partial charge is 0.0933 e. The normalized spacial score (nSPS) is 23.4. The maximum atomic E-state index is 2.55. The second kappa shape index (κ2) is 1.61. The summed E-state index contributed by atoms with van der Waals surface area (Å²) in [5.41, 5.74) is 2.55. The third kappa shape index (κ3) is 1.35. The Morgan fingerprint density at radius 3 is 1.56 bits per heavy atom. The van der Waals surface area contributed by atoms with Gasteiger partial charge in [-0.3, -0.25) is 0 Å². The first-order chi connectivity index (χ1) is 3.84. The van der Waals surface area contributed by atoms with Crippen LogP contribution < -0.4 is 0 Å². The van der Waals surface area contributed by atoms with Gasteiger partial charge in [-0.15, -0.1) is 0 Å². The highest BCUT2D eigenvalue weighted by atomic mass is 28.4. The molecule has 0 amide bonds. The van der Waals surface area contributed by atoms with Crippen molar-refractivity contribution in [3.8, 4) is 0 Å². The van der Waals surface area contributed by atoms with Crippen LogP contribution in [-0.2, 0) is 0 Å². The molecule has 0 atom stereocenters. The van der Waals surface area contributed by atoms with Crippen molar-refractivity contribution in [2.45, 2.75) is 32.7 Å². The summed E-state index contributed by atoms with van der Waals surface area (Å²) in [6, 6.07) is 0. The first kappa shape index (κ1) is 7.28. The number of hydrogen-bond donors (Lipinski definition) is 0. The first-order valence-corrected chi connectivity index (χ1v) is 10.2. The van der Waals surface area contributed by atoms with Crippen molar-refractivity contribution in [2.24, 2.45) is 0 Å². The standard InChI is InChI=1S/C7H16Si2/c1-8(2,3)7-6-9(7,4)5/h6H,1-5H3. The fraction of sp³-hybridized carbons (Fsp3) is 0.714. The molecule has 0 aliphatic carbocycles. The maximum absolute atomic E-state index is 2.55. The van der Waals surface area contributed by atoms with Gasteiger partial charge in [-0.2, -0.15) is 0 Å². The van der Waals surface area contributed by atoms with Gasteiger partial charge in [0.05, 0.1) is 16.1 Å². The van der Waals surface area contributed by atoms with Crippen LogP contribution in [0.2, 0.25) is 32.7 Å².